The molecule has 2 aromatic heterocycles. The third kappa shape index (κ3) is 3.25. The molecule has 7 heteroatoms. The molecule has 0 spiro atoms. The average Bonchev–Trinajstić information content (AvgIpc) is 2.53. The maximum absolute atomic E-state index is 11.9. The van der Waals surface area contributed by atoms with Gasteiger partial charge in [-0.05, 0) is 52.4 Å². The quantitative estimate of drug-likeness (QED) is 0.489. The molecular formula is C17H14IN3O3. The van der Waals surface area contributed by atoms with Gasteiger partial charge in [-0.3, -0.25) is 19.6 Å². The summed E-state index contributed by atoms with van der Waals surface area (Å²) in [5.41, 5.74) is 0.779. The molecule has 0 fully saturated rings. The van der Waals surface area contributed by atoms with Crippen LogP contribution in [0.25, 0.3) is 10.8 Å². The minimum atomic E-state index is -0.345. The first kappa shape index (κ1) is 16.4. The van der Waals surface area contributed by atoms with Crippen molar-refractivity contribution in [1.82, 2.24) is 9.55 Å². The maximum Gasteiger partial charge on any atom is 0.258 e. The Balaban J connectivity index is 2.00. The Kier molecular flexibility index (Phi) is 4.52. The van der Waals surface area contributed by atoms with E-state index in [1.165, 1.54) is 16.8 Å². The number of rotatable bonds is 3. The van der Waals surface area contributed by atoms with E-state index in [1.807, 2.05) is 18.2 Å². The fourth-order valence-electron chi connectivity index (χ4n) is 2.37. The average molecular weight is 435 g/mol. The zero-order chi connectivity index (χ0) is 17.3. The molecule has 122 valence electrons. The summed E-state index contributed by atoms with van der Waals surface area (Å²) in [6.07, 6.45) is 3.20. The van der Waals surface area contributed by atoms with E-state index in [2.05, 4.69) is 32.6 Å². The first-order valence-corrected chi connectivity index (χ1v) is 8.23. The second kappa shape index (κ2) is 6.60. The number of nitrogens with zero attached hydrogens (tertiary/aromatic N) is 2. The third-order valence-corrected chi connectivity index (χ3v) is 4.34. The second-order valence-corrected chi connectivity index (χ2v) is 6.61. The predicted octanol–water partition coefficient (Wildman–Crippen LogP) is 2.16. The van der Waals surface area contributed by atoms with Crippen LogP contribution >= 0.6 is 22.6 Å². The van der Waals surface area contributed by atoms with Gasteiger partial charge >= 0.3 is 0 Å². The van der Waals surface area contributed by atoms with Crippen LogP contribution in [0.4, 0.5) is 0 Å². The molecular weight excluding hydrogens is 421 g/mol. The summed E-state index contributed by atoms with van der Waals surface area (Å²) >= 11 is 2.15. The van der Waals surface area contributed by atoms with E-state index >= 15 is 0 Å². The van der Waals surface area contributed by atoms with Gasteiger partial charge in [0, 0.05) is 39.9 Å². The fraction of sp³-hybridized carbons (Fsp3) is 0.118. The first-order valence-electron chi connectivity index (χ1n) is 7.15. The maximum atomic E-state index is 11.9. The largest absolute Gasteiger partial charge is 0.494 e. The van der Waals surface area contributed by atoms with Crippen LogP contribution in [-0.4, -0.2) is 20.9 Å². The topological polar surface area (TPSA) is 87.4 Å². The summed E-state index contributed by atoms with van der Waals surface area (Å²) in [5, 5.41) is 11.2. The Morgan fingerprint density at radius 3 is 2.79 bits per heavy atom. The van der Waals surface area contributed by atoms with Crippen molar-refractivity contribution in [3.63, 3.8) is 0 Å². The van der Waals surface area contributed by atoms with Crippen molar-refractivity contribution in [3.05, 3.63) is 71.9 Å². The van der Waals surface area contributed by atoms with Gasteiger partial charge in [0.25, 0.3) is 11.1 Å². The van der Waals surface area contributed by atoms with Gasteiger partial charge in [0.2, 0.25) is 5.88 Å². The zero-order valence-electron chi connectivity index (χ0n) is 12.8. The lowest BCUT2D eigenvalue weighted by Gasteiger charge is -2.05. The van der Waals surface area contributed by atoms with Gasteiger partial charge in [-0.2, -0.15) is 0 Å². The molecule has 0 radical (unpaired) electrons. The summed E-state index contributed by atoms with van der Waals surface area (Å²) in [6, 6.07) is 8.70. The molecule has 0 aliphatic rings. The number of halogens is 1. The highest BCUT2D eigenvalue weighted by molar-refractivity contribution is 14.1. The number of hydrogen-bond acceptors (Lipinski definition) is 4. The Morgan fingerprint density at radius 1 is 1.25 bits per heavy atom. The van der Waals surface area contributed by atoms with Crippen molar-refractivity contribution < 1.29 is 5.11 Å². The number of benzene rings is 1. The summed E-state index contributed by atoms with van der Waals surface area (Å²) in [6.45, 7) is 0.306. The van der Waals surface area contributed by atoms with Crippen molar-refractivity contribution in [2.45, 2.75) is 6.54 Å². The van der Waals surface area contributed by atoms with Gasteiger partial charge < -0.3 is 9.67 Å². The molecule has 2 heterocycles. The normalized spacial score (nSPS) is 11.4. The van der Waals surface area contributed by atoms with Gasteiger partial charge in [0.05, 0.1) is 12.1 Å². The Hall–Kier alpha value is -2.42. The molecule has 0 saturated carbocycles. The fourth-order valence-corrected chi connectivity index (χ4v) is 2.86. The van der Waals surface area contributed by atoms with Crippen molar-refractivity contribution >= 4 is 39.6 Å². The van der Waals surface area contributed by atoms with Crippen molar-refractivity contribution in [2.24, 2.45) is 12.0 Å². The number of hydrogen-bond donors (Lipinski definition) is 2. The molecule has 0 atom stereocenters. The van der Waals surface area contributed by atoms with Crippen molar-refractivity contribution in [1.29, 1.82) is 0 Å². The second-order valence-electron chi connectivity index (χ2n) is 5.36. The smallest absolute Gasteiger partial charge is 0.258 e. The number of aliphatic imine (C=N–C) groups is 1. The minimum absolute atomic E-state index is 0.102. The van der Waals surface area contributed by atoms with Crippen LogP contribution in [0.15, 0.2) is 51.1 Å². The Morgan fingerprint density at radius 2 is 2.04 bits per heavy atom. The summed E-state index contributed by atoms with van der Waals surface area (Å²) < 4.78 is 2.43. The summed E-state index contributed by atoms with van der Waals surface area (Å²) in [4.78, 5) is 30.3. The standard InChI is InChI=1S/C17H14IN3O3/c1-21-5-4-10(6-15(21)22)8-19-9-14-13-7-11(18)2-3-12(13)16(23)20-17(14)24/h2-7,9H,8H2,1H3,(H2,20,23,24). The molecule has 6 nitrogen and oxygen atoms in total. The number of nitrogens with one attached hydrogen (secondary N) is 1. The zero-order valence-corrected chi connectivity index (χ0v) is 14.9. The number of aryl methyl sites for hydroxylation is 1. The lowest BCUT2D eigenvalue weighted by molar-refractivity contribution is 0.452. The van der Waals surface area contributed by atoms with Crippen LogP contribution < -0.4 is 11.1 Å². The monoisotopic (exact) mass is 435 g/mol. The molecule has 2 N–H and O–H groups in total. The summed E-state index contributed by atoms with van der Waals surface area (Å²) in [5.74, 6) is -0.220. The van der Waals surface area contributed by atoms with Gasteiger partial charge in [0.15, 0.2) is 0 Å². The van der Waals surface area contributed by atoms with Crippen LogP contribution in [0, 0.1) is 3.57 Å². The van der Waals surface area contributed by atoms with E-state index in [0.29, 0.717) is 22.9 Å². The Labute approximate surface area is 150 Å². The van der Waals surface area contributed by atoms with Gasteiger partial charge in [0.1, 0.15) is 0 Å². The van der Waals surface area contributed by atoms with E-state index in [9.17, 15) is 14.7 Å². The number of aromatic hydroxyl groups is 1. The van der Waals surface area contributed by atoms with E-state index in [4.69, 9.17) is 0 Å². The molecule has 0 amide bonds. The minimum Gasteiger partial charge on any atom is -0.494 e. The third-order valence-electron chi connectivity index (χ3n) is 3.67. The van der Waals surface area contributed by atoms with Crippen LogP contribution in [0.1, 0.15) is 11.1 Å². The molecule has 0 bridgehead atoms. The van der Waals surface area contributed by atoms with Crippen molar-refractivity contribution in [3.8, 4) is 5.88 Å². The molecule has 0 saturated heterocycles. The summed E-state index contributed by atoms with van der Waals surface area (Å²) in [7, 11) is 1.68. The number of fused-ring (bicyclic) bond motifs is 1. The molecule has 0 aliphatic heterocycles. The number of aromatic nitrogens is 2. The SMILES string of the molecule is Cn1ccc(CN=Cc2c(O)[nH]c(=O)c3ccc(I)cc23)cc1=O. The molecule has 3 rings (SSSR count). The molecule has 24 heavy (non-hydrogen) atoms. The van der Waals surface area contributed by atoms with Gasteiger partial charge in [-0.25, -0.2) is 0 Å². The van der Waals surface area contributed by atoms with E-state index < -0.39 is 0 Å². The highest BCUT2D eigenvalue weighted by Crippen LogP contribution is 2.22. The van der Waals surface area contributed by atoms with E-state index in [0.717, 1.165) is 9.13 Å². The van der Waals surface area contributed by atoms with Crippen LogP contribution in [0.2, 0.25) is 0 Å². The van der Waals surface area contributed by atoms with E-state index in [1.54, 1.807) is 19.3 Å². The van der Waals surface area contributed by atoms with Gasteiger partial charge in [-0.1, -0.05) is 0 Å². The predicted molar refractivity (Wildman–Crippen MR) is 102 cm³/mol. The van der Waals surface area contributed by atoms with Gasteiger partial charge in [-0.15, -0.1) is 0 Å². The van der Waals surface area contributed by atoms with Crippen molar-refractivity contribution in [2.75, 3.05) is 0 Å². The van der Waals surface area contributed by atoms with E-state index in [-0.39, 0.29) is 17.0 Å². The molecule has 1 aromatic carbocycles. The molecule has 0 unspecified atom stereocenters. The molecule has 0 aliphatic carbocycles. The number of aromatic amines is 1. The lowest BCUT2D eigenvalue weighted by atomic mass is 10.1. The molecule has 3 aromatic rings. The highest BCUT2D eigenvalue weighted by Gasteiger charge is 2.09. The van der Waals surface area contributed by atoms with Crippen LogP contribution in [0.3, 0.4) is 0 Å². The number of H-pyrrole nitrogens is 1. The lowest BCUT2D eigenvalue weighted by Crippen LogP contribution is -2.14. The highest BCUT2D eigenvalue weighted by atomic mass is 127. The van der Waals surface area contributed by atoms with Crippen LogP contribution in [-0.2, 0) is 13.6 Å². The number of pyridine rings is 2. The first-order chi connectivity index (χ1) is 11.5. The van der Waals surface area contributed by atoms with Crippen LogP contribution in [0.5, 0.6) is 5.88 Å². The Bertz CT molecular complexity index is 1070.